The number of allylic oxidation sites excluding steroid dienone is 2. The molecule has 192 valence electrons. The lowest BCUT2D eigenvalue weighted by Crippen LogP contribution is -2.25. The lowest BCUT2D eigenvalue weighted by atomic mass is 9.83. The quantitative estimate of drug-likeness (QED) is 0.232. The number of hydrogen-bond acceptors (Lipinski definition) is 1. The van der Waals surface area contributed by atoms with Crippen molar-refractivity contribution in [2.24, 2.45) is 11.8 Å². The Morgan fingerprint density at radius 1 is 0.943 bits per heavy atom. The zero-order valence-electron chi connectivity index (χ0n) is 19.8. The van der Waals surface area contributed by atoms with Gasteiger partial charge in [-0.15, -0.1) is 0 Å². The fourth-order valence-corrected chi connectivity index (χ4v) is 4.63. The van der Waals surface area contributed by atoms with E-state index < -0.39 is 46.5 Å². The minimum atomic E-state index is -4.59. The Bertz CT molecular complexity index is 1020. The van der Waals surface area contributed by atoms with Gasteiger partial charge in [0.15, 0.2) is 17.5 Å². The van der Waals surface area contributed by atoms with Crippen LogP contribution in [-0.4, -0.2) is 0 Å². The third-order valence-corrected chi connectivity index (χ3v) is 6.52. The number of ether oxygens (including phenoxy) is 1. The predicted molar refractivity (Wildman–Crippen MR) is 120 cm³/mol. The highest BCUT2D eigenvalue weighted by Crippen LogP contribution is 2.39. The largest absolute Gasteiger partial charge is 0.432 e. The number of alkyl halides is 2. The molecule has 0 aliphatic heterocycles. The molecule has 0 heterocycles. The van der Waals surface area contributed by atoms with Gasteiger partial charge in [-0.25, -0.2) is 22.0 Å². The molecule has 0 saturated heterocycles. The first-order chi connectivity index (χ1) is 16.5. The van der Waals surface area contributed by atoms with Gasteiger partial charge in [-0.05, 0) is 54.4 Å². The minimum Gasteiger partial charge on any atom is -0.429 e. The second-order valence-corrected chi connectivity index (χ2v) is 9.33. The van der Waals surface area contributed by atoms with E-state index in [1.807, 2.05) is 6.08 Å². The Labute approximate surface area is 201 Å². The number of hydrogen-bond donors (Lipinski definition) is 0. The van der Waals surface area contributed by atoms with E-state index in [4.69, 9.17) is 0 Å². The molecule has 2 aromatic carbocycles. The van der Waals surface area contributed by atoms with Crippen LogP contribution in [0.3, 0.4) is 0 Å². The molecule has 3 rings (SSSR count). The van der Waals surface area contributed by atoms with E-state index in [0.29, 0.717) is 23.8 Å². The molecule has 0 saturated carbocycles. The third kappa shape index (κ3) is 6.79. The van der Waals surface area contributed by atoms with Crippen LogP contribution >= 0.6 is 0 Å². The highest BCUT2D eigenvalue weighted by atomic mass is 19.3. The molecule has 1 aliphatic carbocycles. The zero-order chi connectivity index (χ0) is 25.8. The number of benzene rings is 2. The van der Waals surface area contributed by atoms with E-state index in [-0.39, 0.29) is 17.7 Å². The maximum absolute atomic E-state index is 14.6. The van der Waals surface area contributed by atoms with Gasteiger partial charge >= 0.3 is 6.11 Å². The summed E-state index contributed by atoms with van der Waals surface area (Å²) in [5.41, 5.74) is -0.854. The van der Waals surface area contributed by atoms with Gasteiger partial charge in [0.2, 0.25) is 0 Å². The summed E-state index contributed by atoms with van der Waals surface area (Å²) in [6, 6.07) is 1.95. The van der Waals surface area contributed by atoms with Crippen molar-refractivity contribution in [1.29, 1.82) is 0 Å². The first kappa shape index (κ1) is 27.1. The van der Waals surface area contributed by atoms with Crippen LogP contribution in [-0.2, 0) is 6.11 Å². The highest BCUT2D eigenvalue weighted by molar-refractivity contribution is 5.66. The Kier molecular flexibility index (Phi) is 8.89. The summed E-state index contributed by atoms with van der Waals surface area (Å²) in [6.45, 7) is 4.42. The molecule has 1 nitrogen and oxygen atoms in total. The van der Waals surface area contributed by atoms with Crippen molar-refractivity contribution in [2.75, 3.05) is 0 Å². The summed E-state index contributed by atoms with van der Waals surface area (Å²) < 4.78 is 102. The summed E-state index contributed by atoms with van der Waals surface area (Å²) in [6.07, 6.45) is 5.25. The second-order valence-electron chi connectivity index (χ2n) is 9.33. The van der Waals surface area contributed by atoms with Gasteiger partial charge in [-0.3, -0.25) is 0 Å². The summed E-state index contributed by atoms with van der Waals surface area (Å²) in [5.74, 6) is -8.47. The van der Waals surface area contributed by atoms with Crippen LogP contribution in [0.1, 0.15) is 76.3 Å². The summed E-state index contributed by atoms with van der Waals surface area (Å²) >= 11 is 0. The maximum atomic E-state index is 14.6. The van der Waals surface area contributed by atoms with Crippen molar-refractivity contribution in [3.05, 3.63) is 70.6 Å². The third-order valence-electron chi connectivity index (χ3n) is 6.52. The number of rotatable bonds is 10. The lowest BCUT2D eigenvalue weighted by molar-refractivity contribution is -0.189. The van der Waals surface area contributed by atoms with Gasteiger partial charge in [0.1, 0.15) is 22.9 Å². The fraction of sp³-hybridized carbons (Fsp3) is 0.481. The van der Waals surface area contributed by atoms with Crippen molar-refractivity contribution in [3.8, 4) is 5.75 Å². The average molecular weight is 503 g/mol. The van der Waals surface area contributed by atoms with Crippen molar-refractivity contribution in [3.63, 3.8) is 0 Å². The molecular formula is C27H29F7O. The molecule has 2 aromatic rings. The summed E-state index contributed by atoms with van der Waals surface area (Å²) in [5, 5.41) is 0. The van der Waals surface area contributed by atoms with Crippen LogP contribution in [0.15, 0.2) is 30.3 Å². The monoisotopic (exact) mass is 502 g/mol. The normalized spacial score (nSPS) is 17.3. The molecule has 1 aliphatic rings. The molecule has 0 bridgehead atoms. The van der Waals surface area contributed by atoms with E-state index >= 15 is 0 Å². The molecule has 2 unspecified atom stereocenters. The molecule has 0 radical (unpaired) electrons. The average Bonchev–Trinajstić information content (AvgIpc) is 2.77. The van der Waals surface area contributed by atoms with Crippen LogP contribution in [0.25, 0.3) is 5.57 Å². The van der Waals surface area contributed by atoms with Crippen LogP contribution in [0.5, 0.6) is 5.75 Å². The van der Waals surface area contributed by atoms with Gasteiger partial charge in [0.05, 0.1) is 0 Å². The second kappa shape index (κ2) is 11.5. The van der Waals surface area contributed by atoms with E-state index in [0.717, 1.165) is 37.8 Å². The van der Waals surface area contributed by atoms with E-state index in [9.17, 15) is 30.7 Å². The molecule has 0 N–H and O–H groups in total. The lowest BCUT2D eigenvalue weighted by Gasteiger charge is -2.24. The van der Waals surface area contributed by atoms with E-state index in [1.165, 1.54) is 19.3 Å². The van der Waals surface area contributed by atoms with Crippen molar-refractivity contribution < 1.29 is 35.5 Å². The van der Waals surface area contributed by atoms with E-state index in [1.54, 1.807) is 0 Å². The molecule has 35 heavy (non-hydrogen) atoms. The van der Waals surface area contributed by atoms with Crippen LogP contribution in [0.4, 0.5) is 30.7 Å². The molecule has 0 spiro atoms. The Morgan fingerprint density at radius 3 is 2.11 bits per heavy atom. The predicted octanol–water partition coefficient (Wildman–Crippen LogP) is 9.30. The van der Waals surface area contributed by atoms with Gasteiger partial charge < -0.3 is 4.74 Å². The first-order valence-corrected chi connectivity index (χ1v) is 11.9. The Balaban J connectivity index is 1.70. The van der Waals surface area contributed by atoms with Gasteiger partial charge in [-0.1, -0.05) is 52.0 Å². The van der Waals surface area contributed by atoms with Crippen LogP contribution in [0.2, 0.25) is 0 Å². The smallest absolute Gasteiger partial charge is 0.429 e. The summed E-state index contributed by atoms with van der Waals surface area (Å²) in [7, 11) is 0. The van der Waals surface area contributed by atoms with Crippen molar-refractivity contribution in [1.82, 2.24) is 0 Å². The minimum absolute atomic E-state index is 0.161. The first-order valence-electron chi connectivity index (χ1n) is 11.9. The Hall–Kier alpha value is -2.51. The molecule has 2 atom stereocenters. The number of halogens is 7. The topological polar surface area (TPSA) is 9.23 Å². The Morgan fingerprint density at radius 2 is 1.57 bits per heavy atom. The standard InChI is InChI=1S/C27H29F7O/c1-3-5-16(2)6-4-7-17-8-10-18(11-9-17)19-12-21(28)25(22(29)13-19)27(33,34)35-20-14-23(30)26(32)24(31)15-20/h10,12-17H,3-9,11H2,1-2H3. The molecule has 0 amide bonds. The highest BCUT2D eigenvalue weighted by Gasteiger charge is 2.41. The molecular weight excluding hydrogens is 473 g/mol. The van der Waals surface area contributed by atoms with Crippen molar-refractivity contribution >= 4 is 5.57 Å². The fourth-order valence-electron chi connectivity index (χ4n) is 4.63. The summed E-state index contributed by atoms with van der Waals surface area (Å²) in [4.78, 5) is 0. The van der Waals surface area contributed by atoms with E-state index in [2.05, 4.69) is 18.6 Å². The van der Waals surface area contributed by atoms with Gasteiger partial charge in [0, 0.05) is 12.1 Å². The maximum Gasteiger partial charge on any atom is 0.432 e. The SMILES string of the molecule is CCCC(C)CCCC1CC=C(c2cc(F)c(C(F)(F)Oc3cc(F)c(F)c(F)c3)c(F)c2)CC1. The molecule has 0 aromatic heterocycles. The van der Waals surface area contributed by atoms with Crippen LogP contribution in [0, 0.1) is 40.9 Å². The zero-order valence-corrected chi connectivity index (χ0v) is 19.8. The van der Waals surface area contributed by atoms with Crippen LogP contribution < -0.4 is 4.74 Å². The van der Waals surface area contributed by atoms with Gasteiger partial charge in [-0.2, -0.15) is 8.78 Å². The molecule has 0 fully saturated rings. The van der Waals surface area contributed by atoms with Crippen molar-refractivity contribution in [2.45, 2.75) is 71.3 Å². The molecule has 8 heteroatoms. The van der Waals surface area contributed by atoms with Gasteiger partial charge in [0.25, 0.3) is 0 Å².